The van der Waals surface area contributed by atoms with Crippen molar-refractivity contribution in [3.05, 3.63) is 35.4 Å². The van der Waals surface area contributed by atoms with Gasteiger partial charge >= 0.3 is 0 Å². The van der Waals surface area contributed by atoms with Gasteiger partial charge in [-0.1, -0.05) is 31.2 Å². The first kappa shape index (κ1) is 13.5. The van der Waals surface area contributed by atoms with Gasteiger partial charge in [-0.3, -0.25) is 0 Å². The van der Waals surface area contributed by atoms with E-state index in [1.807, 2.05) is 7.05 Å². The van der Waals surface area contributed by atoms with E-state index in [0.29, 0.717) is 19.1 Å². The second-order valence-electron chi connectivity index (χ2n) is 4.93. The highest BCUT2D eigenvalue weighted by Gasteiger charge is 2.32. The van der Waals surface area contributed by atoms with E-state index in [0.717, 1.165) is 6.42 Å². The van der Waals surface area contributed by atoms with E-state index in [9.17, 15) is 0 Å². The normalized spacial score (nSPS) is 26.9. The summed E-state index contributed by atoms with van der Waals surface area (Å²) in [5, 5.41) is 3.39. The molecule has 0 heterocycles. The van der Waals surface area contributed by atoms with Gasteiger partial charge in [0.1, 0.15) is 0 Å². The van der Waals surface area contributed by atoms with Crippen LogP contribution in [0.4, 0.5) is 0 Å². The van der Waals surface area contributed by atoms with E-state index in [1.165, 1.54) is 11.1 Å². The highest BCUT2D eigenvalue weighted by atomic mass is 16.5. The maximum Gasteiger partial charge on any atom is 0.0776 e. The molecule has 0 saturated carbocycles. The fraction of sp³-hybridized carbons (Fsp3) is 0.600. The molecule has 18 heavy (non-hydrogen) atoms. The molecule has 1 N–H and O–H groups in total. The lowest BCUT2D eigenvalue weighted by Crippen LogP contribution is -2.37. The summed E-state index contributed by atoms with van der Waals surface area (Å²) < 4.78 is 11.0. The Labute approximate surface area is 109 Å². The standard InChI is InChI=1S/C15H23NO2/c1-11-10-14(18-9-8-17-3)15(16-2)13-7-5-4-6-12(11)13/h4-7,11,14-16H,8-10H2,1-3H3. The van der Waals surface area contributed by atoms with Gasteiger partial charge < -0.3 is 14.8 Å². The summed E-state index contributed by atoms with van der Waals surface area (Å²) in [6.07, 6.45) is 1.29. The molecule has 0 bridgehead atoms. The maximum atomic E-state index is 5.97. The number of hydrogen-bond donors (Lipinski definition) is 1. The highest BCUT2D eigenvalue weighted by Crippen LogP contribution is 2.38. The predicted octanol–water partition coefficient (Wildman–Crippen LogP) is 2.49. The Morgan fingerprint density at radius 3 is 2.61 bits per heavy atom. The summed E-state index contributed by atoms with van der Waals surface area (Å²) in [6, 6.07) is 8.95. The van der Waals surface area contributed by atoms with Gasteiger partial charge in [0.25, 0.3) is 0 Å². The van der Waals surface area contributed by atoms with Crippen molar-refractivity contribution < 1.29 is 9.47 Å². The fourth-order valence-electron chi connectivity index (χ4n) is 2.84. The van der Waals surface area contributed by atoms with Crippen molar-refractivity contribution in [2.45, 2.75) is 31.4 Å². The van der Waals surface area contributed by atoms with Crippen LogP contribution in [0.2, 0.25) is 0 Å². The number of fused-ring (bicyclic) bond motifs is 1. The zero-order valence-electron chi connectivity index (χ0n) is 11.5. The third-order valence-electron chi connectivity index (χ3n) is 3.75. The van der Waals surface area contributed by atoms with Crippen LogP contribution in [0.5, 0.6) is 0 Å². The fourth-order valence-corrected chi connectivity index (χ4v) is 2.84. The molecule has 100 valence electrons. The Morgan fingerprint density at radius 1 is 1.22 bits per heavy atom. The summed E-state index contributed by atoms with van der Waals surface area (Å²) in [4.78, 5) is 0. The quantitative estimate of drug-likeness (QED) is 0.813. The molecule has 3 unspecified atom stereocenters. The van der Waals surface area contributed by atoms with Gasteiger partial charge in [-0.25, -0.2) is 0 Å². The van der Waals surface area contributed by atoms with Crippen molar-refractivity contribution in [1.29, 1.82) is 0 Å². The number of benzene rings is 1. The molecule has 3 heteroatoms. The number of methoxy groups -OCH3 is 1. The van der Waals surface area contributed by atoms with Crippen LogP contribution in [0.15, 0.2) is 24.3 Å². The van der Waals surface area contributed by atoms with Gasteiger partial charge in [0.05, 0.1) is 25.4 Å². The molecule has 3 atom stereocenters. The summed E-state index contributed by atoms with van der Waals surface area (Å²) >= 11 is 0. The average molecular weight is 249 g/mol. The van der Waals surface area contributed by atoms with Crippen LogP contribution < -0.4 is 5.32 Å². The van der Waals surface area contributed by atoms with Gasteiger partial charge in [0.2, 0.25) is 0 Å². The van der Waals surface area contributed by atoms with Crippen molar-refractivity contribution >= 4 is 0 Å². The van der Waals surface area contributed by atoms with Crippen LogP contribution in [0, 0.1) is 0 Å². The molecular weight excluding hydrogens is 226 g/mol. The van der Waals surface area contributed by atoms with Crippen LogP contribution in [0.1, 0.15) is 36.4 Å². The molecule has 1 aliphatic rings. The van der Waals surface area contributed by atoms with Gasteiger partial charge in [-0.2, -0.15) is 0 Å². The minimum atomic E-state index is 0.232. The SMILES string of the molecule is CNC1c2ccccc2C(C)CC1OCCOC. The molecular formula is C15H23NO2. The summed E-state index contributed by atoms with van der Waals surface area (Å²) in [6.45, 7) is 3.59. The molecule has 2 rings (SSSR count). The molecule has 3 nitrogen and oxygen atoms in total. The molecule has 1 aromatic rings. The lowest BCUT2D eigenvalue weighted by molar-refractivity contribution is -0.0124. The van der Waals surface area contributed by atoms with Gasteiger partial charge in [0, 0.05) is 7.11 Å². The minimum absolute atomic E-state index is 0.232. The van der Waals surface area contributed by atoms with Crippen molar-refractivity contribution in [2.75, 3.05) is 27.4 Å². The number of nitrogens with one attached hydrogen (secondary N) is 1. The van der Waals surface area contributed by atoms with E-state index in [2.05, 4.69) is 36.5 Å². The third-order valence-corrected chi connectivity index (χ3v) is 3.75. The lowest BCUT2D eigenvalue weighted by Gasteiger charge is -2.36. The maximum absolute atomic E-state index is 5.97. The van der Waals surface area contributed by atoms with Crippen molar-refractivity contribution in [3.63, 3.8) is 0 Å². The smallest absolute Gasteiger partial charge is 0.0776 e. The monoisotopic (exact) mass is 249 g/mol. The zero-order chi connectivity index (χ0) is 13.0. The van der Waals surface area contributed by atoms with E-state index >= 15 is 0 Å². The van der Waals surface area contributed by atoms with E-state index in [1.54, 1.807) is 7.11 Å². The number of ether oxygens (including phenoxy) is 2. The predicted molar refractivity (Wildman–Crippen MR) is 72.9 cm³/mol. The minimum Gasteiger partial charge on any atom is -0.382 e. The second kappa shape index (κ2) is 6.32. The Hall–Kier alpha value is -0.900. The molecule has 0 amide bonds. The molecule has 0 radical (unpaired) electrons. The topological polar surface area (TPSA) is 30.5 Å². The largest absolute Gasteiger partial charge is 0.382 e. The summed E-state index contributed by atoms with van der Waals surface area (Å²) in [7, 11) is 3.71. The number of rotatable bonds is 5. The van der Waals surface area contributed by atoms with E-state index in [4.69, 9.17) is 9.47 Å². The molecule has 0 fully saturated rings. The summed E-state index contributed by atoms with van der Waals surface area (Å²) in [5.74, 6) is 0.554. The van der Waals surface area contributed by atoms with Crippen molar-refractivity contribution in [1.82, 2.24) is 5.32 Å². The lowest BCUT2D eigenvalue weighted by atomic mass is 9.79. The zero-order valence-corrected chi connectivity index (χ0v) is 11.5. The van der Waals surface area contributed by atoms with Crippen molar-refractivity contribution in [2.24, 2.45) is 0 Å². The van der Waals surface area contributed by atoms with E-state index < -0.39 is 0 Å². The molecule has 1 aromatic carbocycles. The number of hydrogen-bond acceptors (Lipinski definition) is 3. The van der Waals surface area contributed by atoms with E-state index in [-0.39, 0.29) is 12.1 Å². The van der Waals surface area contributed by atoms with Gasteiger partial charge in [0.15, 0.2) is 0 Å². The van der Waals surface area contributed by atoms with Crippen LogP contribution in [0.3, 0.4) is 0 Å². The molecule has 0 aromatic heterocycles. The first-order chi connectivity index (χ1) is 8.77. The third kappa shape index (κ3) is 2.74. The Morgan fingerprint density at radius 2 is 1.94 bits per heavy atom. The molecule has 0 saturated heterocycles. The van der Waals surface area contributed by atoms with Gasteiger partial charge in [-0.15, -0.1) is 0 Å². The number of likely N-dealkylation sites (N-methyl/N-ethyl adjacent to an activating group) is 1. The molecule has 1 aliphatic carbocycles. The van der Waals surface area contributed by atoms with Crippen molar-refractivity contribution in [3.8, 4) is 0 Å². The Kier molecular flexibility index (Phi) is 4.75. The van der Waals surface area contributed by atoms with Gasteiger partial charge in [-0.05, 0) is 30.5 Å². The summed E-state index contributed by atoms with van der Waals surface area (Å²) in [5.41, 5.74) is 2.82. The second-order valence-corrected chi connectivity index (χ2v) is 4.93. The first-order valence-corrected chi connectivity index (χ1v) is 6.64. The highest BCUT2D eigenvalue weighted by molar-refractivity contribution is 5.36. The van der Waals surface area contributed by atoms with Crippen LogP contribution in [0.25, 0.3) is 0 Å². The Balaban J connectivity index is 2.15. The van der Waals surface area contributed by atoms with Crippen LogP contribution in [-0.2, 0) is 9.47 Å². The Bertz CT molecular complexity index is 381. The van der Waals surface area contributed by atoms with Crippen LogP contribution >= 0.6 is 0 Å². The molecule has 0 aliphatic heterocycles. The first-order valence-electron chi connectivity index (χ1n) is 6.64. The average Bonchev–Trinajstić information content (AvgIpc) is 2.39. The van der Waals surface area contributed by atoms with Crippen LogP contribution in [-0.4, -0.2) is 33.5 Å². The molecule has 0 spiro atoms.